The number of halogens is 1. The zero-order valence-electron chi connectivity index (χ0n) is 15.5. The fraction of sp³-hybridized carbons (Fsp3) is 0.500. The molecule has 1 aromatic heterocycles. The molecule has 1 aromatic carbocycles. The van der Waals surface area contributed by atoms with Crippen molar-refractivity contribution in [3.05, 3.63) is 48.0 Å². The molecular formula is C20H25FN4O2. The van der Waals surface area contributed by atoms with E-state index in [2.05, 4.69) is 10.00 Å². The van der Waals surface area contributed by atoms with Gasteiger partial charge in [-0.1, -0.05) is 6.07 Å². The van der Waals surface area contributed by atoms with Crippen molar-refractivity contribution in [2.75, 3.05) is 26.7 Å². The number of hydrogen-bond acceptors (Lipinski definition) is 4. The van der Waals surface area contributed by atoms with Crippen LogP contribution in [0.15, 0.2) is 36.7 Å². The predicted octanol–water partition coefficient (Wildman–Crippen LogP) is 1.82. The summed E-state index contributed by atoms with van der Waals surface area (Å²) in [4.78, 5) is 16.6. The number of carbonyl (C=O) groups excluding carboxylic acids is 1. The van der Waals surface area contributed by atoms with E-state index < -0.39 is 11.5 Å². The summed E-state index contributed by atoms with van der Waals surface area (Å²) in [7, 11) is 1.78. The van der Waals surface area contributed by atoms with Gasteiger partial charge in [0.25, 0.3) is 0 Å². The largest absolute Gasteiger partial charge is 0.391 e. The van der Waals surface area contributed by atoms with Crippen LogP contribution in [0.3, 0.4) is 0 Å². The molecule has 1 N–H and O–H groups in total. The van der Waals surface area contributed by atoms with Gasteiger partial charge >= 0.3 is 0 Å². The molecule has 1 atom stereocenters. The molecule has 0 aliphatic carbocycles. The first-order valence-corrected chi connectivity index (χ1v) is 9.41. The topological polar surface area (TPSA) is 61.6 Å². The molecule has 1 spiro atoms. The van der Waals surface area contributed by atoms with Crippen LogP contribution in [0.25, 0.3) is 5.69 Å². The van der Waals surface area contributed by atoms with Gasteiger partial charge in [-0.05, 0) is 50.6 Å². The highest BCUT2D eigenvalue weighted by Crippen LogP contribution is 2.40. The van der Waals surface area contributed by atoms with Gasteiger partial charge in [0.15, 0.2) is 0 Å². The number of β-amino-alcohol motifs (C(OH)–C–C–N with tert-alkyl or cyclic N) is 1. The summed E-state index contributed by atoms with van der Waals surface area (Å²) in [6, 6.07) is 6.36. The first-order chi connectivity index (χ1) is 12.9. The maximum Gasteiger partial charge on any atom is 0.228 e. The van der Waals surface area contributed by atoms with E-state index in [0.29, 0.717) is 18.7 Å². The smallest absolute Gasteiger partial charge is 0.228 e. The van der Waals surface area contributed by atoms with Gasteiger partial charge in [-0.25, -0.2) is 9.07 Å². The standard InChI is InChI=1S/C20H25FN4O2/c1-23-14-18(26)10-20(19(23)27)5-7-24(8-6-20)12-15-11-22-25(13-15)17-4-2-3-16(21)9-17/h2-4,9,11,13,18,26H,5-8,10,12,14H2,1H3. The Balaban J connectivity index is 1.39. The molecule has 1 amide bonds. The number of likely N-dealkylation sites (tertiary alicyclic amines) is 2. The van der Waals surface area contributed by atoms with Gasteiger partial charge in [-0.2, -0.15) is 5.10 Å². The van der Waals surface area contributed by atoms with Crippen molar-refractivity contribution in [1.29, 1.82) is 0 Å². The van der Waals surface area contributed by atoms with Crippen molar-refractivity contribution in [2.24, 2.45) is 5.41 Å². The van der Waals surface area contributed by atoms with Crippen LogP contribution in [0.4, 0.5) is 4.39 Å². The Labute approximate surface area is 158 Å². The molecule has 0 radical (unpaired) electrons. The van der Waals surface area contributed by atoms with Gasteiger partial charge in [0, 0.05) is 31.9 Å². The summed E-state index contributed by atoms with van der Waals surface area (Å²) in [5.74, 6) is -0.110. The zero-order chi connectivity index (χ0) is 19.0. The van der Waals surface area contributed by atoms with Gasteiger partial charge in [-0.3, -0.25) is 9.69 Å². The third-order valence-corrected chi connectivity index (χ3v) is 5.84. The van der Waals surface area contributed by atoms with E-state index in [1.165, 1.54) is 12.1 Å². The molecule has 4 rings (SSSR count). The van der Waals surface area contributed by atoms with Crippen LogP contribution in [-0.2, 0) is 11.3 Å². The number of hydrogen-bond donors (Lipinski definition) is 1. The molecule has 0 saturated carbocycles. The number of aromatic nitrogens is 2. The molecule has 6 nitrogen and oxygen atoms in total. The highest BCUT2D eigenvalue weighted by Gasteiger charge is 2.47. The van der Waals surface area contributed by atoms with E-state index in [1.54, 1.807) is 28.9 Å². The number of amides is 1. The Kier molecular flexibility index (Phi) is 4.74. The Morgan fingerprint density at radius 2 is 2.11 bits per heavy atom. The Morgan fingerprint density at radius 1 is 1.33 bits per heavy atom. The number of likely N-dealkylation sites (N-methyl/N-ethyl adjacent to an activating group) is 1. The molecule has 27 heavy (non-hydrogen) atoms. The number of rotatable bonds is 3. The molecule has 2 fully saturated rings. The summed E-state index contributed by atoms with van der Waals surface area (Å²) >= 11 is 0. The van der Waals surface area contributed by atoms with Crippen LogP contribution >= 0.6 is 0 Å². The predicted molar refractivity (Wildman–Crippen MR) is 98.7 cm³/mol. The summed E-state index contributed by atoms with van der Waals surface area (Å²) < 4.78 is 15.1. The second-order valence-corrected chi connectivity index (χ2v) is 7.87. The van der Waals surface area contributed by atoms with Gasteiger partial charge in [0.1, 0.15) is 5.82 Å². The Bertz CT molecular complexity index is 829. The van der Waals surface area contributed by atoms with Gasteiger partial charge in [0.05, 0.1) is 23.4 Å². The summed E-state index contributed by atoms with van der Waals surface area (Å²) in [6.45, 7) is 2.82. The number of benzene rings is 1. The van der Waals surface area contributed by atoms with Crippen molar-refractivity contribution in [3.8, 4) is 5.69 Å². The monoisotopic (exact) mass is 372 g/mol. The number of aliphatic hydroxyl groups excluding tert-OH is 1. The quantitative estimate of drug-likeness (QED) is 0.893. The number of carbonyl (C=O) groups is 1. The van der Waals surface area contributed by atoms with Crippen molar-refractivity contribution in [1.82, 2.24) is 19.6 Å². The normalized spacial score (nSPS) is 23.1. The minimum atomic E-state index is -0.427. The van der Waals surface area contributed by atoms with E-state index in [0.717, 1.165) is 38.0 Å². The maximum atomic E-state index is 13.4. The lowest BCUT2D eigenvalue weighted by Gasteiger charge is -2.47. The lowest BCUT2D eigenvalue weighted by molar-refractivity contribution is -0.154. The third-order valence-electron chi connectivity index (χ3n) is 5.84. The van der Waals surface area contributed by atoms with E-state index in [9.17, 15) is 14.3 Å². The summed E-state index contributed by atoms with van der Waals surface area (Å²) in [5.41, 5.74) is 1.35. The van der Waals surface area contributed by atoms with Crippen LogP contribution < -0.4 is 0 Å². The first-order valence-electron chi connectivity index (χ1n) is 9.41. The van der Waals surface area contributed by atoms with E-state index in [1.807, 2.05) is 12.3 Å². The molecule has 2 saturated heterocycles. The molecule has 2 aromatic rings. The van der Waals surface area contributed by atoms with Crippen LogP contribution in [0, 0.1) is 11.2 Å². The minimum absolute atomic E-state index is 0.173. The van der Waals surface area contributed by atoms with Crippen molar-refractivity contribution < 1.29 is 14.3 Å². The molecule has 144 valence electrons. The van der Waals surface area contributed by atoms with Gasteiger partial charge in [-0.15, -0.1) is 0 Å². The van der Waals surface area contributed by atoms with E-state index in [-0.39, 0.29) is 11.7 Å². The van der Waals surface area contributed by atoms with E-state index in [4.69, 9.17) is 0 Å². The molecule has 7 heteroatoms. The number of nitrogens with zero attached hydrogens (tertiary/aromatic N) is 4. The van der Waals surface area contributed by atoms with Crippen LogP contribution in [-0.4, -0.2) is 63.4 Å². The van der Waals surface area contributed by atoms with Gasteiger partial charge in [0.2, 0.25) is 5.91 Å². The highest BCUT2D eigenvalue weighted by molar-refractivity contribution is 5.83. The molecule has 2 aliphatic heterocycles. The Morgan fingerprint density at radius 3 is 2.85 bits per heavy atom. The van der Waals surface area contributed by atoms with Crippen molar-refractivity contribution in [3.63, 3.8) is 0 Å². The molecule has 3 heterocycles. The highest BCUT2D eigenvalue weighted by atomic mass is 19.1. The average molecular weight is 372 g/mol. The molecular weight excluding hydrogens is 347 g/mol. The Hall–Kier alpha value is -2.25. The van der Waals surface area contributed by atoms with Crippen LogP contribution in [0.5, 0.6) is 0 Å². The second kappa shape index (κ2) is 7.05. The summed E-state index contributed by atoms with van der Waals surface area (Å²) in [5, 5.41) is 14.4. The average Bonchev–Trinajstić information content (AvgIpc) is 3.10. The fourth-order valence-electron chi connectivity index (χ4n) is 4.42. The summed E-state index contributed by atoms with van der Waals surface area (Å²) in [6.07, 6.45) is 5.41. The number of piperidine rings is 2. The van der Waals surface area contributed by atoms with E-state index >= 15 is 0 Å². The van der Waals surface area contributed by atoms with Gasteiger partial charge < -0.3 is 10.0 Å². The lowest BCUT2D eigenvalue weighted by Crippen LogP contribution is -2.56. The maximum absolute atomic E-state index is 13.4. The zero-order valence-corrected chi connectivity index (χ0v) is 15.5. The second-order valence-electron chi connectivity index (χ2n) is 7.87. The molecule has 0 bridgehead atoms. The first kappa shape index (κ1) is 18.1. The van der Waals surface area contributed by atoms with Crippen molar-refractivity contribution in [2.45, 2.75) is 31.9 Å². The lowest BCUT2D eigenvalue weighted by atomic mass is 9.71. The van der Waals surface area contributed by atoms with Crippen molar-refractivity contribution >= 4 is 5.91 Å². The molecule has 1 unspecified atom stereocenters. The third kappa shape index (κ3) is 3.61. The SMILES string of the molecule is CN1CC(O)CC2(CCN(Cc3cnn(-c4cccc(F)c4)c3)CC2)C1=O. The molecule has 2 aliphatic rings. The van der Waals surface area contributed by atoms with Crippen LogP contribution in [0.2, 0.25) is 0 Å². The minimum Gasteiger partial charge on any atom is -0.391 e. The number of aliphatic hydroxyl groups is 1. The van der Waals surface area contributed by atoms with Crippen LogP contribution in [0.1, 0.15) is 24.8 Å². The fourth-order valence-corrected chi connectivity index (χ4v) is 4.42.